The predicted molar refractivity (Wildman–Crippen MR) is 46.8 cm³/mol. The third kappa shape index (κ3) is 1.40. The quantitative estimate of drug-likeness (QED) is 0.611. The average Bonchev–Trinajstić information content (AvgIpc) is 1.96. The van der Waals surface area contributed by atoms with Crippen LogP contribution in [0.4, 0.5) is 5.69 Å². The molecule has 11 heavy (non-hydrogen) atoms. The Kier molecular flexibility index (Phi) is 1.94. The fourth-order valence-corrected chi connectivity index (χ4v) is 1.06. The van der Waals surface area contributed by atoms with Crippen LogP contribution >= 0.6 is 0 Å². The van der Waals surface area contributed by atoms with Crippen molar-refractivity contribution >= 4 is 12.4 Å². The molecule has 0 bridgehead atoms. The molecule has 0 atom stereocenters. The van der Waals surface area contributed by atoms with Gasteiger partial charge in [-0.1, -0.05) is 6.07 Å². The van der Waals surface area contributed by atoms with Crippen molar-refractivity contribution in [1.29, 1.82) is 0 Å². The summed E-state index contributed by atoms with van der Waals surface area (Å²) in [4.78, 5) is 3.69. The summed E-state index contributed by atoms with van der Waals surface area (Å²) in [6, 6.07) is 3.71. The van der Waals surface area contributed by atoms with Crippen molar-refractivity contribution < 1.29 is 5.11 Å². The SMILES string of the molecule is C=Nc1cc(C)cc(C)c1O. The van der Waals surface area contributed by atoms with Crippen LogP contribution in [0.15, 0.2) is 17.1 Å². The molecule has 58 valence electrons. The molecule has 0 radical (unpaired) electrons. The topological polar surface area (TPSA) is 32.6 Å². The Balaban J connectivity index is 3.35. The number of nitrogens with zero attached hydrogens (tertiary/aromatic N) is 1. The van der Waals surface area contributed by atoms with E-state index in [4.69, 9.17) is 0 Å². The Morgan fingerprint density at radius 1 is 1.36 bits per heavy atom. The first-order chi connectivity index (χ1) is 5.15. The van der Waals surface area contributed by atoms with Crippen molar-refractivity contribution in [2.24, 2.45) is 4.99 Å². The van der Waals surface area contributed by atoms with E-state index < -0.39 is 0 Å². The molecule has 0 saturated heterocycles. The summed E-state index contributed by atoms with van der Waals surface area (Å²) in [5.41, 5.74) is 2.48. The summed E-state index contributed by atoms with van der Waals surface area (Å²) in [5.74, 6) is 0.227. The van der Waals surface area contributed by atoms with Crippen LogP contribution in [-0.4, -0.2) is 11.8 Å². The Labute approximate surface area is 66.2 Å². The van der Waals surface area contributed by atoms with Crippen LogP contribution in [0.1, 0.15) is 11.1 Å². The zero-order chi connectivity index (χ0) is 8.43. The van der Waals surface area contributed by atoms with Crippen molar-refractivity contribution in [3.63, 3.8) is 0 Å². The van der Waals surface area contributed by atoms with Gasteiger partial charge in [0.05, 0.1) is 0 Å². The minimum atomic E-state index is 0.227. The molecular weight excluding hydrogens is 138 g/mol. The van der Waals surface area contributed by atoms with Crippen molar-refractivity contribution in [1.82, 2.24) is 0 Å². The van der Waals surface area contributed by atoms with E-state index in [0.29, 0.717) is 5.69 Å². The van der Waals surface area contributed by atoms with Crippen LogP contribution in [0.25, 0.3) is 0 Å². The molecule has 0 aliphatic heterocycles. The molecule has 0 aliphatic carbocycles. The number of rotatable bonds is 1. The molecule has 1 aromatic carbocycles. The van der Waals surface area contributed by atoms with E-state index in [1.165, 1.54) is 0 Å². The molecule has 0 spiro atoms. The van der Waals surface area contributed by atoms with Gasteiger partial charge in [-0.3, -0.25) is 4.99 Å². The first kappa shape index (κ1) is 7.79. The van der Waals surface area contributed by atoms with Crippen molar-refractivity contribution in [3.8, 4) is 5.75 Å². The Morgan fingerprint density at radius 3 is 2.55 bits per heavy atom. The van der Waals surface area contributed by atoms with Gasteiger partial charge in [0, 0.05) is 0 Å². The van der Waals surface area contributed by atoms with Gasteiger partial charge in [-0.25, -0.2) is 0 Å². The van der Waals surface area contributed by atoms with E-state index in [2.05, 4.69) is 11.7 Å². The van der Waals surface area contributed by atoms with Crippen molar-refractivity contribution in [2.45, 2.75) is 13.8 Å². The van der Waals surface area contributed by atoms with E-state index in [-0.39, 0.29) is 5.75 Å². The standard InChI is InChI=1S/C9H11NO/c1-6-4-7(2)9(11)8(5-6)10-3/h4-5,11H,3H2,1-2H3. The van der Waals surface area contributed by atoms with Gasteiger partial charge < -0.3 is 5.11 Å². The molecule has 1 aromatic rings. The largest absolute Gasteiger partial charge is 0.505 e. The number of aromatic hydroxyl groups is 1. The van der Waals surface area contributed by atoms with Crippen LogP contribution in [0, 0.1) is 13.8 Å². The zero-order valence-corrected chi connectivity index (χ0v) is 6.76. The highest BCUT2D eigenvalue weighted by molar-refractivity contribution is 5.59. The second-order valence-corrected chi connectivity index (χ2v) is 2.61. The molecule has 0 aromatic heterocycles. The van der Waals surface area contributed by atoms with Gasteiger partial charge in [-0.2, -0.15) is 0 Å². The normalized spacial score (nSPS) is 9.64. The van der Waals surface area contributed by atoms with Crippen LogP contribution < -0.4 is 0 Å². The van der Waals surface area contributed by atoms with E-state index in [1.54, 1.807) is 6.07 Å². The van der Waals surface area contributed by atoms with Crippen LogP contribution in [0.2, 0.25) is 0 Å². The first-order valence-corrected chi connectivity index (χ1v) is 3.42. The van der Waals surface area contributed by atoms with E-state index in [0.717, 1.165) is 11.1 Å². The third-order valence-corrected chi connectivity index (χ3v) is 1.60. The average molecular weight is 149 g/mol. The maximum atomic E-state index is 9.39. The van der Waals surface area contributed by atoms with Crippen molar-refractivity contribution in [3.05, 3.63) is 23.3 Å². The summed E-state index contributed by atoms with van der Waals surface area (Å²) in [6.07, 6.45) is 0. The molecule has 0 heterocycles. The maximum Gasteiger partial charge on any atom is 0.144 e. The molecule has 0 aliphatic rings. The number of benzene rings is 1. The smallest absolute Gasteiger partial charge is 0.144 e. The first-order valence-electron chi connectivity index (χ1n) is 3.42. The highest BCUT2D eigenvalue weighted by atomic mass is 16.3. The third-order valence-electron chi connectivity index (χ3n) is 1.60. The summed E-state index contributed by atoms with van der Waals surface area (Å²) < 4.78 is 0. The Hall–Kier alpha value is -1.31. The summed E-state index contributed by atoms with van der Waals surface area (Å²) in [5, 5.41) is 9.39. The highest BCUT2D eigenvalue weighted by Crippen LogP contribution is 2.30. The van der Waals surface area contributed by atoms with Crippen LogP contribution in [0.5, 0.6) is 5.75 Å². The van der Waals surface area contributed by atoms with E-state index in [9.17, 15) is 5.11 Å². The van der Waals surface area contributed by atoms with Gasteiger partial charge in [0.25, 0.3) is 0 Å². The van der Waals surface area contributed by atoms with E-state index >= 15 is 0 Å². The second kappa shape index (κ2) is 2.74. The summed E-state index contributed by atoms with van der Waals surface area (Å²) in [6.45, 7) is 7.17. The predicted octanol–water partition coefficient (Wildman–Crippen LogP) is 2.34. The minimum absolute atomic E-state index is 0.227. The van der Waals surface area contributed by atoms with E-state index in [1.807, 2.05) is 19.9 Å². The minimum Gasteiger partial charge on any atom is -0.505 e. The summed E-state index contributed by atoms with van der Waals surface area (Å²) >= 11 is 0. The lowest BCUT2D eigenvalue weighted by molar-refractivity contribution is 0.472. The molecule has 1 N–H and O–H groups in total. The van der Waals surface area contributed by atoms with Crippen molar-refractivity contribution in [2.75, 3.05) is 0 Å². The Morgan fingerprint density at radius 2 is 2.00 bits per heavy atom. The Bertz CT molecular complexity index is 292. The molecule has 0 saturated carbocycles. The number of hydrogen-bond donors (Lipinski definition) is 1. The molecule has 2 nitrogen and oxygen atoms in total. The number of phenolic OH excluding ortho intramolecular Hbond substituents is 1. The van der Waals surface area contributed by atoms with Gasteiger partial charge in [0.2, 0.25) is 0 Å². The fourth-order valence-electron chi connectivity index (χ4n) is 1.06. The van der Waals surface area contributed by atoms with Gasteiger partial charge in [-0.05, 0) is 37.8 Å². The lowest BCUT2D eigenvalue weighted by Crippen LogP contribution is -1.78. The van der Waals surface area contributed by atoms with Gasteiger partial charge in [0.1, 0.15) is 11.4 Å². The lowest BCUT2D eigenvalue weighted by atomic mass is 10.1. The van der Waals surface area contributed by atoms with Gasteiger partial charge in [-0.15, -0.1) is 0 Å². The molecule has 0 fully saturated rings. The molecular formula is C9H11NO. The second-order valence-electron chi connectivity index (χ2n) is 2.61. The highest BCUT2D eigenvalue weighted by Gasteiger charge is 2.01. The summed E-state index contributed by atoms with van der Waals surface area (Å²) in [7, 11) is 0. The van der Waals surface area contributed by atoms with Crippen LogP contribution in [-0.2, 0) is 0 Å². The number of phenols is 1. The number of aryl methyl sites for hydroxylation is 2. The van der Waals surface area contributed by atoms with Crippen LogP contribution in [0.3, 0.4) is 0 Å². The van der Waals surface area contributed by atoms with Gasteiger partial charge in [0.15, 0.2) is 0 Å². The molecule has 0 unspecified atom stereocenters. The molecule has 1 rings (SSSR count). The monoisotopic (exact) mass is 149 g/mol. The fraction of sp³-hybridized carbons (Fsp3) is 0.222. The number of aliphatic imine (C=N–C) groups is 1. The zero-order valence-electron chi connectivity index (χ0n) is 6.76. The van der Waals surface area contributed by atoms with Gasteiger partial charge >= 0.3 is 0 Å². The number of hydrogen-bond acceptors (Lipinski definition) is 2. The maximum absolute atomic E-state index is 9.39. The molecule has 0 amide bonds. The lowest BCUT2D eigenvalue weighted by Gasteiger charge is -2.03. The molecule has 2 heteroatoms.